The highest BCUT2D eigenvalue weighted by atomic mass is 79.9. The highest BCUT2D eigenvalue weighted by molar-refractivity contribution is 9.10. The Labute approximate surface area is 69.1 Å². The van der Waals surface area contributed by atoms with E-state index in [0.29, 0.717) is 6.61 Å². The molecule has 10 heavy (non-hydrogen) atoms. The van der Waals surface area contributed by atoms with Crippen LogP contribution in [0.2, 0.25) is 0 Å². The summed E-state index contributed by atoms with van der Waals surface area (Å²) < 4.78 is 5.25. The summed E-state index contributed by atoms with van der Waals surface area (Å²) in [7, 11) is 0. The Bertz CT molecular complexity index is 174. The molecule has 1 rings (SSSR count). The molecule has 1 radical (unpaired) electrons. The van der Waals surface area contributed by atoms with E-state index in [9.17, 15) is 0 Å². The largest absolute Gasteiger partial charge is 0.492 e. The van der Waals surface area contributed by atoms with Crippen molar-refractivity contribution in [1.29, 1.82) is 0 Å². The third kappa shape index (κ3) is 2.40. The van der Waals surface area contributed by atoms with Crippen LogP contribution in [0.15, 0.2) is 30.3 Å². The average molecular weight is 200 g/mol. The molecule has 0 heterocycles. The zero-order valence-electron chi connectivity index (χ0n) is 5.46. The van der Waals surface area contributed by atoms with Gasteiger partial charge < -0.3 is 4.74 Å². The van der Waals surface area contributed by atoms with Gasteiger partial charge in [-0.25, -0.2) is 0 Å². The molecule has 2 heteroatoms. The van der Waals surface area contributed by atoms with Gasteiger partial charge in [-0.3, -0.25) is 0 Å². The van der Waals surface area contributed by atoms with Gasteiger partial charge >= 0.3 is 0 Å². The quantitative estimate of drug-likeness (QED) is 0.728. The third-order valence-corrected chi connectivity index (χ3v) is 1.32. The minimum Gasteiger partial charge on any atom is -0.492 e. The van der Waals surface area contributed by atoms with E-state index in [0.717, 1.165) is 5.75 Å². The normalized spacial score (nSPS) is 9.30. The van der Waals surface area contributed by atoms with Crippen LogP contribution in [-0.2, 0) is 0 Å². The molecule has 0 saturated carbocycles. The Balaban J connectivity index is 2.43. The molecular weight excluding hydrogens is 192 g/mol. The van der Waals surface area contributed by atoms with Crippen LogP contribution in [0, 0.1) is 5.33 Å². The first-order valence-corrected chi connectivity index (χ1v) is 3.95. The van der Waals surface area contributed by atoms with Crippen molar-refractivity contribution < 1.29 is 4.74 Å². The Hall–Kier alpha value is -0.500. The van der Waals surface area contributed by atoms with Gasteiger partial charge in [0.05, 0.1) is 5.33 Å². The van der Waals surface area contributed by atoms with E-state index >= 15 is 0 Å². The number of benzene rings is 1. The summed E-state index contributed by atoms with van der Waals surface area (Å²) in [6.07, 6.45) is 0. The predicted molar refractivity (Wildman–Crippen MR) is 45.2 cm³/mol. The summed E-state index contributed by atoms with van der Waals surface area (Å²) in [5.41, 5.74) is 0. The van der Waals surface area contributed by atoms with E-state index in [1.54, 1.807) is 5.33 Å². The molecule has 0 aromatic heterocycles. The maximum atomic E-state index is 5.25. The SMILES string of the molecule is Br[CH]COc1ccccc1. The van der Waals surface area contributed by atoms with Gasteiger partial charge in [0.1, 0.15) is 12.4 Å². The van der Waals surface area contributed by atoms with Gasteiger partial charge in [-0.1, -0.05) is 34.1 Å². The van der Waals surface area contributed by atoms with Gasteiger partial charge in [-0.15, -0.1) is 0 Å². The second-order valence-electron chi connectivity index (χ2n) is 1.78. The average Bonchev–Trinajstić information content (AvgIpc) is 2.03. The van der Waals surface area contributed by atoms with Gasteiger partial charge in [-0.2, -0.15) is 0 Å². The lowest BCUT2D eigenvalue weighted by molar-refractivity contribution is 0.358. The Morgan fingerprint density at radius 1 is 1.30 bits per heavy atom. The summed E-state index contributed by atoms with van der Waals surface area (Å²) >= 11 is 3.16. The van der Waals surface area contributed by atoms with Gasteiger partial charge in [0.2, 0.25) is 0 Å². The Morgan fingerprint density at radius 2 is 2.00 bits per heavy atom. The number of rotatable bonds is 3. The molecule has 0 bridgehead atoms. The van der Waals surface area contributed by atoms with Crippen molar-refractivity contribution in [3.63, 3.8) is 0 Å². The number of hydrogen-bond acceptors (Lipinski definition) is 1. The molecule has 0 N–H and O–H groups in total. The first-order valence-electron chi connectivity index (χ1n) is 3.03. The highest BCUT2D eigenvalue weighted by Crippen LogP contribution is 2.08. The van der Waals surface area contributed by atoms with Crippen LogP contribution in [-0.4, -0.2) is 6.61 Å². The number of halogens is 1. The van der Waals surface area contributed by atoms with Crippen LogP contribution >= 0.6 is 15.9 Å². The van der Waals surface area contributed by atoms with Crippen LogP contribution in [0.5, 0.6) is 5.75 Å². The van der Waals surface area contributed by atoms with Gasteiger partial charge in [0.25, 0.3) is 0 Å². The molecule has 0 atom stereocenters. The zero-order valence-corrected chi connectivity index (χ0v) is 7.04. The molecule has 1 aromatic carbocycles. The van der Waals surface area contributed by atoms with E-state index in [4.69, 9.17) is 4.74 Å². The number of hydrogen-bond donors (Lipinski definition) is 0. The van der Waals surface area contributed by atoms with Crippen LogP contribution in [0.3, 0.4) is 0 Å². The monoisotopic (exact) mass is 199 g/mol. The van der Waals surface area contributed by atoms with E-state index in [1.807, 2.05) is 30.3 Å². The lowest BCUT2D eigenvalue weighted by Crippen LogP contribution is -1.92. The molecule has 0 aliphatic carbocycles. The van der Waals surface area contributed by atoms with Crippen LogP contribution < -0.4 is 4.74 Å². The second kappa shape index (κ2) is 4.34. The molecular formula is C8H8BrO. The van der Waals surface area contributed by atoms with Crippen molar-refractivity contribution in [2.24, 2.45) is 0 Å². The summed E-state index contributed by atoms with van der Waals surface area (Å²) in [6.45, 7) is 0.601. The summed E-state index contributed by atoms with van der Waals surface area (Å²) in [5.74, 6) is 0.901. The minimum atomic E-state index is 0.601. The lowest BCUT2D eigenvalue weighted by atomic mass is 10.3. The number of para-hydroxylation sites is 1. The molecule has 0 unspecified atom stereocenters. The molecule has 1 nitrogen and oxygen atoms in total. The molecule has 0 amide bonds. The highest BCUT2D eigenvalue weighted by Gasteiger charge is 1.87. The van der Waals surface area contributed by atoms with Crippen molar-refractivity contribution >= 4 is 15.9 Å². The smallest absolute Gasteiger partial charge is 0.119 e. The van der Waals surface area contributed by atoms with E-state index in [-0.39, 0.29) is 0 Å². The first kappa shape index (κ1) is 7.61. The second-order valence-corrected chi connectivity index (χ2v) is 2.43. The fourth-order valence-electron chi connectivity index (χ4n) is 0.644. The predicted octanol–water partition coefficient (Wildman–Crippen LogP) is 2.62. The van der Waals surface area contributed by atoms with E-state index < -0.39 is 0 Å². The van der Waals surface area contributed by atoms with E-state index in [2.05, 4.69) is 15.9 Å². The minimum absolute atomic E-state index is 0.601. The van der Waals surface area contributed by atoms with Crippen LogP contribution in [0.1, 0.15) is 0 Å². The lowest BCUT2D eigenvalue weighted by Gasteiger charge is -2.00. The third-order valence-electron chi connectivity index (χ3n) is 1.06. The standard InChI is InChI=1S/C8H8BrO/c9-6-7-10-8-4-2-1-3-5-8/h1-6H,7H2. The zero-order chi connectivity index (χ0) is 7.23. The van der Waals surface area contributed by atoms with Crippen LogP contribution in [0.4, 0.5) is 0 Å². The topological polar surface area (TPSA) is 9.23 Å². The fourth-order valence-corrected chi connectivity index (χ4v) is 0.777. The molecule has 0 fully saturated rings. The van der Waals surface area contributed by atoms with Crippen LogP contribution in [0.25, 0.3) is 0 Å². The van der Waals surface area contributed by atoms with Crippen molar-refractivity contribution in [3.05, 3.63) is 35.7 Å². The first-order chi connectivity index (χ1) is 4.93. The van der Waals surface area contributed by atoms with Gasteiger partial charge in [0.15, 0.2) is 0 Å². The molecule has 0 saturated heterocycles. The summed E-state index contributed by atoms with van der Waals surface area (Å²) in [4.78, 5) is 0. The van der Waals surface area contributed by atoms with Gasteiger partial charge in [0, 0.05) is 0 Å². The summed E-state index contributed by atoms with van der Waals surface area (Å²) in [6, 6.07) is 9.71. The maximum absolute atomic E-state index is 5.25. The van der Waals surface area contributed by atoms with Crippen molar-refractivity contribution in [2.75, 3.05) is 6.61 Å². The molecule has 53 valence electrons. The van der Waals surface area contributed by atoms with Gasteiger partial charge in [-0.05, 0) is 12.1 Å². The fraction of sp³-hybridized carbons (Fsp3) is 0.125. The van der Waals surface area contributed by atoms with Crippen molar-refractivity contribution in [2.45, 2.75) is 0 Å². The van der Waals surface area contributed by atoms with Crippen molar-refractivity contribution in [3.8, 4) is 5.75 Å². The summed E-state index contributed by atoms with van der Waals surface area (Å²) in [5, 5.41) is 1.79. The maximum Gasteiger partial charge on any atom is 0.119 e. The van der Waals surface area contributed by atoms with E-state index in [1.165, 1.54) is 0 Å². The molecule has 0 aliphatic heterocycles. The molecule has 0 spiro atoms. The van der Waals surface area contributed by atoms with Crippen molar-refractivity contribution in [1.82, 2.24) is 0 Å². The number of ether oxygens (including phenoxy) is 1. The Morgan fingerprint density at radius 3 is 2.60 bits per heavy atom. The Kier molecular flexibility index (Phi) is 3.30. The molecule has 1 aromatic rings. The molecule has 0 aliphatic rings.